The maximum Gasteiger partial charge on any atom is 0.0368 e. The Balaban J connectivity index is 1.33. The Kier molecular flexibility index (Phi) is 5.71. The average Bonchev–Trinajstić information content (AvgIpc) is 3.73. The monoisotopic (exact) mass is 670 g/mol. The Labute approximate surface area is 301 Å². The van der Waals surface area contributed by atoms with Crippen molar-refractivity contribution in [2.75, 3.05) is 0 Å². The summed E-state index contributed by atoms with van der Waals surface area (Å²) in [6.45, 7) is 9.54. The van der Waals surface area contributed by atoms with E-state index in [0.717, 1.165) is 11.1 Å². The van der Waals surface area contributed by atoms with E-state index in [1.165, 1.54) is 97.4 Å². The standard InChI is InChI=1S/C48H34N2S/c1-47(2)39-15-7-5-13-29(39)35-19-33-31(27-11-9-17-49-25-27)23-43-45(37(33)21-41(35)47)46-38-22-42-36(30-14-6-8-16-40(30)48(42,3)4)20-34(38)32(24-44(46)51-43)28-12-10-18-50-26-28/h5-26H,1-4H3. The molecule has 0 radical (unpaired) electrons. The van der Waals surface area contributed by atoms with E-state index in [-0.39, 0.29) is 10.8 Å². The molecule has 0 atom stereocenters. The molecule has 3 heterocycles. The van der Waals surface area contributed by atoms with Gasteiger partial charge in [-0.15, -0.1) is 11.3 Å². The third kappa shape index (κ3) is 3.82. The number of nitrogens with zero attached hydrogens (tertiary/aromatic N) is 2. The molecular formula is C48H34N2S. The van der Waals surface area contributed by atoms with E-state index in [0.29, 0.717) is 0 Å². The molecule has 2 aliphatic carbocycles. The lowest BCUT2D eigenvalue weighted by molar-refractivity contribution is 0.661. The minimum Gasteiger partial charge on any atom is -0.264 e. The van der Waals surface area contributed by atoms with Crippen molar-refractivity contribution >= 4 is 53.1 Å². The van der Waals surface area contributed by atoms with Crippen LogP contribution in [-0.4, -0.2) is 9.97 Å². The average molecular weight is 671 g/mol. The normalized spacial score (nSPS) is 15.0. The lowest BCUT2D eigenvalue weighted by atomic mass is 9.80. The van der Waals surface area contributed by atoms with Crippen LogP contribution < -0.4 is 0 Å². The smallest absolute Gasteiger partial charge is 0.0368 e. The number of fused-ring (bicyclic) bond motifs is 13. The molecule has 0 amide bonds. The minimum absolute atomic E-state index is 0.102. The highest BCUT2D eigenvalue weighted by Gasteiger charge is 2.37. The molecule has 3 heteroatoms. The molecule has 0 bridgehead atoms. The van der Waals surface area contributed by atoms with Crippen LogP contribution in [0, 0.1) is 0 Å². The van der Waals surface area contributed by atoms with Gasteiger partial charge in [0.25, 0.3) is 0 Å². The fourth-order valence-corrected chi connectivity index (χ4v) is 10.7. The summed E-state index contributed by atoms with van der Waals surface area (Å²) in [7, 11) is 0. The number of benzene rings is 6. The van der Waals surface area contributed by atoms with Crippen LogP contribution >= 0.6 is 11.3 Å². The second-order valence-electron chi connectivity index (χ2n) is 15.4. The highest BCUT2D eigenvalue weighted by atomic mass is 32.1. The first-order valence-corrected chi connectivity index (χ1v) is 18.6. The highest BCUT2D eigenvalue weighted by molar-refractivity contribution is 7.26. The van der Waals surface area contributed by atoms with Gasteiger partial charge in [0, 0.05) is 66.9 Å². The first-order chi connectivity index (χ1) is 24.8. The number of rotatable bonds is 2. The van der Waals surface area contributed by atoms with Crippen molar-refractivity contribution < 1.29 is 0 Å². The van der Waals surface area contributed by atoms with E-state index in [9.17, 15) is 0 Å². The van der Waals surface area contributed by atoms with Gasteiger partial charge in [-0.25, -0.2) is 0 Å². The Hall–Kier alpha value is -5.64. The molecule has 2 nitrogen and oxygen atoms in total. The zero-order chi connectivity index (χ0) is 34.2. The van der Waals surface area contributed by atoms with Gasteiger partial charge >= 0.3 is 0 Å². The number of thiophene rings is 1. The molecule has 0 aliphatic heterocycles. The maximum atomic E-state index is 4.57. The van der Waals surface area contributed by atoms with E-state index < -0.39 is 0 Å². The van der Waals surface area contributed by atoms with Crippen LogP contribution in [0.25, 0.3) is 86.2 Å². The van der Waals surface area contributed by atoms with Crippen molar-refractivity contribution in [2.45, 2.75) is 38.5 Å². The van der Waals surface area contributed by atoms with Crippen LogP contribution in [-0.2, 0) is 10.8 Å². The molecule has 51 heavy (non-hydrogen) atoms. The van der Waals surface area contributed by atoms with Crippen molar-refractivity contribution in [3.8, 4) is 44.5 Å². The zero-order valence-electron chi connectivity index (χ0n) is 29.0. The number of hydrogen-bond acceptors (Lipinski definition) is 3. The topological polar surface area (TPSA) is 25.8 Å². The fourth-order valence-electron chi connectivity index (χ4n) is 9.50. The first-order valence-electron chi connectivity index (χ1n) is 17.8. The van der Waals surface area contributed by atoms with E-state index in [2.05, 4.69) is 147 Å². The van der Waals surface area contributed by atoms with Gasteiger partial charge in [-0.3, -0.25) is 9.97 Å². The van der Waals surface area contributed by atoms with Gasteiger partial charge in [0.15, 0.2) is 0 Å². The van der Waals surface area contributed by atoms with Gasteiger partial charge in [-0.05, 0) is 126 Å². The van der Waals surface area contributed by atoms with Crippen LogP contribution in [0.1, 0.15) is 49.9 Å². The van der Waals surface area contributed by atoms with Crippen molar-refractivity contribution in [1.82, 2.24) is 9.97 Å². The van der Waals surface area contributed by atoms with Gasteiger partial charge in [0.1, 0.15) is 0 Å². The summed E-state index contributed by atoms with van der Waals surface area (Å²) in [4.78, 5) is 9.14. The number of hydrogen-bond donors (Lipinski definition) is 0. The molecule has 9 aromatic rings. The van der Waals surface area contributed by atoms with Gasteiger partial charge in [-0.2, -0.15) is 0 Å². The van der Waals surface area contributed by atoms with Crippen molar-refractivity contribution in [3.05, 3.63) is 156 Å². The largest absolute Gasteiger partial charge is 0.264 e. The van der Waals surface area contributed by atoms with Crippen molar-refractivity contribution in [1.29, 1.82) is 0 Å². The minimum atomic E-state index is -0.102. The molecule has 0 unspecified atom stereocenters. The van der Waals surface area contributed by atoms with Crippen LogP contribution in [0.15, 0.2) is 134 Å². The van der Waals surface area contributed by atoms with E-state index in [4.69, 9.17) is 0 Å². The van der Waals surface area contributed by atoms with Crippen molar-refractivity contribution in [2.24, 2.45) is 0 Å². The Morgan fingerprint density at radius 3 is 1.29 bits per heavy atom. The SMILES string of the molecule is CC1(C)c2ccccc2-c2cc3c(-c4cccnc4)cc4sc5cc(-c6cccnc6)c6cc7c(cc6c5c4c3cc21)C(C)(C)c1ccccc1-7. The molecule has 3 aromatic heterocycles. The zero-order valence-corrected chi connectivity index (χ0v) is 29.8. The summed E-state index contributed by atoms with van der Waals surface area (Å²) in [5.41, 5.74) is 15.5. The predicted molar refractivity (Wildman–Crippen MR) is 216 cm³/mol. The summed E-state index contributed by atoms with van der Waals surface area (Å²) < 4.78 is 2.61. The Morgan fingerprint density at radius 1 is 0.412 bits per heavy atom. The molecule has 0 saturated heterocycles. The number of pyridine rings is 2. The van der Waals surface area contributed by atoms with E-state index in [1.54, 1.807) is 0 Å². The lowest BCUT2D eigenvalue weighted by Crippen LogP contribution is -2.14. The predicted octanol–water partition coefficient (Wildman–Crippen LogP) is 13.1. The summed E-state index contributed by atoms with van der Waals surface area (Å²) in [5, 5.41) is 7.89. The van der Waals surface area contributed by atoms with E-state index in [1.807, 2.05) is 36.1 Å². The fraction of sp³-hybridized carbons (Fsp3) is 0.125. The molecule has 242 valence electrons. The maximum absolute atomic E-state index is 4.57. The van der Waals surface area contributed by atoms with Crippen LogP contribution in [0.2, 0.25) is 0 Å². The van der Waals surface area contributed by atoms with Gasteiger partial charge < -0.3 is 0 Å². The molecule has 6 aromatic carbocycles. The quantitative estimate of drug-likeness (QED) is 0.183. The Bertz CT molecular complexity index is 2750. The molecule has 11 rings (SSSR count). The van der Waals surface area contributed by atoms with Crippen molar-refractivity contribution in [3.63, 3.8) is 0 Å². The van der Waals surface area contributed by atoms with Gasteiger partial charge in [0.05, 0.1) is 0 Å². The second-order valence-corrected chi connectivity index (χ2v) is 16.5. The highest BCUT2D eigenvalue weighted by Crippen LogP contribution is 2.55. The Morgan fingerprint density at radius 2 is 0.863 bits per heavy atom. The third-order valence-corrected chi connectivity index (χ3v) is 13.1. The van der Waals surface area contributed by atoms with E-state index >= 15 is 0 Å². The lowest BCUT2D eigenvalue weighted by Gasteiger charge is -2.23. The summed E-state index contributed by atoms with van der Waals surface area (Å²) in [6.07, 6.45) is 7.75. The summed E-state index contributed by atoms with van der Waals surface area (Å²) >= 11 is 1.91. The van der Waals surface area contributed by atoms with Crippen LogP contribution in [0.4, 0.5) is 0 Å². The van der Waals surface area contributed by atoms with Gasteiger partial charge in [-0.1, -0.05) is 88.4 Å². The van der Waals surface area contributed by atoms with Crippen LogP contribution in [0.5, 0.6) is 0 Å². The second kappa shape index (κ2) is 9.99. The third-order valence-electron chi connectivity index (χ3n) is 12.0. The number of aromatic nitrogens is 2. The van der Waals surface area contributed by atoms with Crippen LogP contribution in [0.3, 0.4) is 0 Å². The molecule has 0 N–H and O–H groups in total. The first kappa shape index (κ1) is 29.1. The molecule has 0 spiro atoms. The molecular weight excluding hydrogens is 637 g/mol. The van der Waals surface area contributed by atoms with Gasteiger partial charge in [0.2, 0.25) is 0 Å². The summed E-state index contributed by atoms with van der Waals surface area (Å²) in [6, 6.07) is 41.3. The molecule has 0 fully saturated rings. The summed E-state index contributed by atoms with van der Waals surface area (Å²) in [5.74, 6) is 0. The molecule has 0 saturated carbocycles. The molecule has 2 aliphatic rings.